The van der Waals surface area contributed by atoms with Gasteiger partial charge in [-0.15, -0.1) is 0 Å². The maximum atomic E-state index is 14.2. The fourth-order valence-corrected chi connectivity index (χ4v) is 10.9. The van der Waals surface area contributed by atoms with Crippen LogP contribution in [0.5, 0.6) is 23.0 Å². The fraction of sp³-hybridized carbons (Fsp3) is 0.270. The quantitative estimate of drug-likeness (QED) is 0.0254. The number of carbonyl (C=O) groups excluding carboxylic acids is 4. The molecule has 5 aromatic carbocycles. The lowest BCUT2D eigenvalue weighted by Gasteiger charge is -2.32. The van der Waals surface area contributed by atoms with Crippen molar-refractivity contribution in [3.8, 4) is 23.0 Å². The smallest absolute Gasteiger partial charge is 0.293 e. The molecule has 0 atom stereocenters. The first-order valence-electron chi connectivity index (χ1n) is 32.2. The van der Waals surface area contributed by atoms with Gasteiger partial charge in [-0.2, -0.15) is 0 Å². The Morgan fingerprint density at radius 1 is 0.384 bits per heavy atom. The van der Waals surface area contributed by atoms with E-state index in [1.54, 1.807) is 40.3 Å². The largest absolute Gasteiger partial charge is 0.482 e. The lowest BCUT2D eigenvalue weighted by molar-refractivity contribution is -0.384. The molecule has 514 valence electrons. The molecule has 4 aromatic heterocycles. The highest BCUT2D eigenvalue weighted by atomic mass is 16.6. The van der Waals surface area contributed by atoms with Crippen LogP contribution in [0.15, 0.2) is 214 Å². The molecule has 0 spiro atoms. The maximum absolute atomic E-state index is 14.2. The third-order valence-electron chi connectivity index (χ3n) is 16.3. The van der Waals surface area contributed by atoms with Crippen LogP contribution in [0.25, 0.3) is 0 Å². The van der Waals surface area contributed by atoms with Gasteiger partial charge in [0, 0.05) is 131 Å². The average molecular weight is 1350 g/mol. The molecular weight excluding hydrogens is 1270 g/mol. The van der Waals surface area contributed by atoms with Gasteiger partial charge in [-0.1, -0.05) is 133 Å². The average Bonchev–Trinajstić information content (AvgIpc) is 0.866. The molecule has 99 heavy (non-hydrogen) atoms. The number of amides is 4. The molecule has 9 rings (SSSR count). The van der Waals surface area contributed by atoms with Crippen molar-refractivity contribution < 1.29 is 43.0 Å². The number of nitro groups is 1. The number of nitrogens with zero attached hydrogens (tertiary/aromatic N) is 7. The van der Waals surface area contributed by atoms with Crippen LogP contribution >= 0.6 is 0 Å². The third kappa shape index (κ3) is 20.2. The van der Waals surface area contributed by atoms with E-state index in [2.05, 4.69) is 21.3 Å². The molecule has 0 bridgehead atoms. The second-order valence-electron chi connectivity index (χ2n) is 23.6. The van der Waals surface area contributed by atoms with E-state index in [1.807, 2.05) is 131 Å². The monoisotopic (exact) mass is 1350 g/mol. The summed E-state index contributed by atoms with van der Waals surface area (Å²) in [5, 5.41) is 23.8. The van der Waals surface area contributed by atoms with Crippen molar-refractivity contribution in [2.45, 2.75) is 32.8 Å². The van der Waals surface area contributed by atoms with E-state index < -0.39 is 56.7 Å². The standard InChI is InChI=1S/C74H79N11O14/c1-79-37-29-59(63(71(79)90)96-48-53-17-9-5-10-18-53)67(86)75-33-41-83(42-34-76-68(87)60-30-38-80(2)72(91)64(60)97-49-54-19-11-6-12-20-54)46-57(45-52-25-27-58(28-26-52)85(94)95)47-84(43-35-77-69(88)61-31-39-81(3)73(92)65(61)98-50-55-21-13-7-14-22-55)44-36-78-70(89)62-32-40-82(4)74(93)66(62)99-51-56-23-15-8-16-24-56/h5-32,37-40,57H,33-36,41-51H2,1-4H3,(H,75,86)(H,76,87)(H,77,88)(H,78,89). The number of aryl methyl sites for hydroxylation is 4. The van der Waals surface area contributed by atoms with Gasteiger partial charge in [0.1, 0.15) is 26.4 Å². The van der Waals surface area contributed by atoms with Crippen LogP contribution in [0, 0.1) is 16.0 Å². The SMILES string of the molecule is Cn1ccc(C(=O)NCCN(CCNC(=O)c2ccn(C)c(=O)c2OCc2ccccc2)CC(Cc2ccc([N+](=O)[O-])cc2)CN(CCNC(=O)c2ccn(C)c(=O)c2OCc2ccccc2)CCNC(=O)c2ccn(C)c(=O)c2OCc2ccccc2)c(OCc2ccccc2)c1=O. The highest BCUT2D eigenvalue weighted by Crippen LogP contribution is 2.22. The topological polar surface area (TPSA) is 291 Å². The molecule has 4 N–H and O–H groups in total. The number of nitrogens with one attached hydrogen (secondary N) is 4. The molecule has 0 unspecified atom stereocenters. The van der Waals surface area contributed by atoms with Gasteiger partial charge in [-0.05, 0) is 64.4 Å². The van der Waals surface area contributed by atoms with E-state index in [4.69, 9.17) is 18.9 Å². The summed E-state index contributed by atoms with van der Waals surface area (Å²) in [5.74, 6) is -3.34. The molecular formula is C74H79N11O14. The second kappa shape index (κ2) is 35.3. The minimum absolute atomic E-state index is 0.00865. The zero-order valence-electron chi connectivity index (χ0n) is 55.5. The van der Waals surface area contributed by atoms with Crippen LogP contribution in [-0.4, -0.2) is 122 Å². The van der Waals surface area contributed by atoms with E-state index in [9.17, 15) is 48.5 Å². The number of hydrogen-bond donors (Lipinski definition) is 4. The minimum atomic E-state index is -0.591. The third-order valence-corrected chi connectivity index (χ3v) is 16.3. The van der Waals surface area contributed by atoms with Gasteiger partial charge in [-0.25, -0.2) is 0 Å². The molecule has 4 heterocycles. The first kappa shape index (κ1) is 71.6. The molecule has 4 amide bonds. The summed E-state index contributed by atoms with van der Waals surface area (Å²) in [4.78, 5) is 127. The highest BCUT2D eigenvalue weighted by Gasteiger charge is 2.26. The van der Waals surface area contributed by atoms with Gasteiger partial charge in [0.15, 0.2) is 23.0 Å². The lowest BCUT2D eigenvalue weighted by atomic mass is 9.97. The van der Waals surface area contributed by atoms with Crippen LogP contribution < -0.4 is 62.5 Å². The molecule has 25 nitrogen and oxygen atoms in total. The molecule has 0 saturated heterocycles. The molecule has 0 saturated carbocycles. The minimum Gasteiger partial charge on any atom is -0.482 e. The van der Waals surface area contributed by atoms with Gasteiger partial charge in [0.05, 0.1) is 27.2 Å². The molecule has 0 aliphatic carbocycles. The maximum Gasteiger partial charge on any atom is 0.293 e. The summed E-state index contributed by atoms with van der Waals surface area (Å²) >= 11 is 0. The first-order chi connectivity index (χ1) is 47.9. The number of ether oxygens (including phenoxy) is 4. The number of rotatable bonds is 35. The van der Waals surface area contributed by atoms with Crippen molar-refractivity contribution in [3.05, 3.63) is 296 Å². The molecule has 25 heteroatoms. The van der Waals surface area contributed by atoms with E-state index >= 15 is 0 Å². The first-order valence-corrected chi connectivity index (χ1v) is 32.2. The summed E-state index contributed by atoms with van der Waals surface area (Å²) in [7, 11) is 6.20. The molecule has 0 radical (unpaired) electrons. The van der Waals surface area contributed by atoms with E-state index in [1.165, 1.54) is 79.5 Å². The Balaban J connectivity index is 1.01. The fourth-order valence-electron chi connectivity index (χ4n) is 10.9. The summed E-state index contributed by atoms with van der Waals surface area (Å²) in [6, 6.07) is 48.9. The number of non-ortho nitro benzene ring substituents is 1. The molecule has 0 aliphatic rings. The number of hydrogen-bond acceptors (Lipinski definition) is 16. The Labute approximate surface area is 570 Å². The van der Waals surface area contributed by atoms with Gasteiger partial charge in [-0.3, -0.25) is 58.3 Å². The Hall–Kier alpha value is -11.7. The van der Waals surface area contributed by atoms with Crippen LogP contribution in [-0.2, 0) is 61.0 Å². The van der Waals surface area contributed by atoms with Crippen molar-refractivity contribution in [2.75, 3.05) is 65.4 Å². The van der Waals surface area contributed by atoms with Gasteiger partial charge >= 0.3 is 0 Å². The lowest BCUT2D eigenvalue weighted by Crippen LogP contribution is -2.46. The van der Waals surface area contributed by atoms with E-state index in [-0.39, 0.29) is 143 Å². The number of nitro benzene ring substituents is 1. The predicted molar refractivity (Wildman–Crippen MR) is 372 cm³/mol. The van der Waals surface area contributed by atoms with Gasteiger partial charge in [0.25, 0.3) is 51.6 Å². The van der Waals surface area contributed by atoms with Crippen molar-refractivity contribution in [3.63, 3.8) is 0 Å². The number of benzene rings is 5. The van der Waals surface area contributed by atoms with Crippen LogP contribution in [0.4, 0.5) is 5.69 Å². The summed E-state index contributed by atoms with van der Waals surface area (Å²) in [6.45, 7) is 1.20. The summed E-state index contributed by atoms with van der Waals surface area (Å²) in [6.07, 6.45) is 6.19. The number of carbonyl (C=O) groups is 4. The van der Waals surface area contributed by atoms with Crippen molar-refractivity contribution in [1.29, 1.82) is 0 Å². The van der Waals surface area contributed by atoms with Crippen LogP contribution in [0.2, 0.25) is 0 Å². The Kier molecular flexibility index (Phi) is 25.6. The highest BCUT2D eigenvalue weighted by molar-refractivity contribution is 5.98. The van der Waals surface area contributed by atoms with Crippen LogP contribution in [0.3, 0.4) is 0 Å². The number of pyridine rings is 4. The van der Waals surface area contributed by atoms with Gasteiger partial charge < -0.3 is 58.5 Å². The molecule has 0 aliphatic heterocycles. The molecule has 9 aromatic rings. The molecule has 0 fully saturated rings. The summed E-state index contributed by atoms with van der Waals surface area (Å²) in [5.41, 5.74) is 1.64. The van der Waals surface area contributed by atoms with Crippen molar-refractivity contribution in [2.24, 2.45) is 34.1 Å². The van der Waals surface area contributed by atoms with Gasteiger partial charge in [0.2, 0.25) is 0 Å². The zero-order valence-corrected chi connectivity index (χ0v) is 55.5. The van der Waals surface area contributed by atoms with Crippen LogP contribution in [0.1, 0.15) is 69.2 Å². The van der Waals surface area contributed by atoms with Crippen molar-refractivity contribution >= 4 is 29.3 Å². The predicted octanol–water partition coefficient (Wildman–Crippen LogP) is 6.19. The Morgan fingerprint density at radius 3 is 0.879 bits per heavy atom. The Bertz CT molecular complexity index is 3980. The van der Waals surface area contributed by atoms with E-state index in [0.29, 0.717) is 6.42 Å². The number of aromatic nitrogens is 4. The summed E-state index contributed by atoms with van der Waals surface area (Å²) < 4.78 is 29.4. The second-order valence-corrected chi connectivity index (χ2v) is 23.6. The van der Waals surface area contributed by atoms with E-state index in [0.717, 1.165) is 27.8 Å². The zero-order chi connectivity index (χ0) is 70.2. The Morgan fingerprint density at radius 2 is 0.636 bits per heavy atom. The normalized spacial score (nSPS) is 11.1. The van der Waals surface area contributed by atoms with Crippen molar-refractivity contribution in [1.82, 2.24) is 49.3 Å².